The predicted octanol–water partition coefficient (Wildman–Crippen LogP) is 2.52. The van der Waals surface area contributed by atoms with Crippen molar-refractivity contribution in [2.75, 3.05) is 0 Å². The molecule has 0 amide bonds. The Kier molecular flexibility index (Phi) is 5.25. The second-order valence-corrected chi connectivity index (χ2v) is 6.48. The largest absolute Gasteiger partial charge is 0.382 e. The van der Waals surface area contributed by atoms with Gasteiger partial charge in [0.1, 0.15) is 11.5 Å². The monoisotopic (exact) mass is 412 g/mol. The van der Waals surface area contributed by atoms with E-state index in [1.807, 2.05) is 30.3 Å². The highest BCUT2D eigenvalue weighted by molar-refractivity contribution is 6.31. The zero-order valence-electron chi connectivity index (χ0n) is 14.9. The van der Waals surface area contributed by atoms with Gasteiger partial charge < -0.3 is 5.73 Å². The average Bonchev–Trinajstić information content (AvgIpc) is 3.36. The van der Waals surface area contributed by atoms with Gasteiger partial charge in [-0.25, -0.2) is 18.7 Å². The highest BCUT2D eigenvalue weighted by atomic mass is 35.5. The van der Waals surface area contributed by atoms with Crippen LogP contribution in [0.3, 0.4) is 0 Å². The third kappa shape index (κ3) is 4.27. The molecule has 0 saturated heterocycles. The summed E-state index contributed by atoms with van der Waals surface area (Å²) in [7, 11) is 0. The van der Waals surface area contributed by atoms with Crippen molar-refractivity contribution in [1.82, 2.24) is 30.5 Å². The molecule has 0 aliphatic carbocycles. The number of aliphatic imine (C=N–C) groups is 1. The lowest BCUT2D eigenvalue weighted by atomic mass is 10.1. The van der Waals surface area contributed by atoms with Crippen molar-refractivity contribution >= 4 is 23.1 Å². The van der Waals surface area contributed by atoms with Gasteiger partial charge in [-0.15, -0.1) is 5.10 Å². The summed E-state index contributed by atoms with van der Waals surface area (Å²) in [6.45, 7) is 0.189. The van der Waals surface area contributed by atoms with E-state index in [1.165, 1.54) is 18.2 Å². The SMILES string of the molecule is NC(=Nc1ccc(F)c(Cl)c1)c1nonc1Cn1nnnc1Cc1ccccc1. The molecule has 146 valence electrons. The molecule has 0 saturated carbocycles. The number of hydrogen-bond acceptors (Lipinski definition) is 7. The molecule has 0 aliphatic rings. The maximum Gasteiger partial charge on any atom is 0.174 e. The van der Waals surface area contributed by atoms with Crippen LogP contribution in [0.25, 0.3) is 0 Å². The molecular weight excluding hydrogens is 399 g/mol. The van der Waals surface area contributed by atoms with Crippen molar-refractivity contribution < 1.29 is 9.02 Å². The van der Waals surface area contributed by atoms with Crippen molar-refractivity contribution in [1.29, 1.82) is 0 Å². The lowest BCUT2D eigenvalue weighted by molar-refractivity contribution is 0.301. The quantitative estimate of drug-likeness (QED) is 0.381. The highest BCUT2D eigenvalue weighted by Gasteiger charge is 2.17. The van der Waals surface area contributed by atoms with E-state index in [9.17, 15) is 4.39 Å². The van der Waals surface area contributed by atoms with Gasteiger partial charge in [0, 0.05) is 6.42 Å². The standard InChI is InChI=1S/C18H14ClFN8O/c19-13-9-12(6-7-14(13)20)22-18(21)17-15(24-29-25-17)10-28-16(23-26-27-28)8-11-4-2-1-3-5-11/h1-7,9H,8,10H2,(H2,21,22). The van der Waals surface area contributed by atoms with E-state index < -0.39 is 5.82 Å². The van der Waals surface area contributed by atoms with Crippen LogP contribution in [0, 0.1) is 5.82 Å². The van der Waals surface area contributed by atoms with E-state index in [0.29, 0.717) is 23.6 Å². The molecule has 0 bridgehead atoms. The van der Waals surface area contributed by atoms with Gasteiger partial charge in [-0.2, -0.15) is 0 Å². The molecule has 0 aliphatic heterocycles. The summed E-state index contributed by atoms with van der Waals surface area (Å²) in [5.74, 6) is 0.144. The van der Waals surface area contributed by atoms with E-state index in [4.69, 9.17) is 22.0 Å². The Bertz CT molecular complexity index is 1160. The third-order valence-corrected chi connectivity index (χ3v) is 4.35. The Balaban J connectivity index is 1.57. The molecule has 2 N–H and O–H groups in total. The minimum Gasteiger partial charge on any atom is -0.382 e. The van der Waals surface area contributed by atoms with Crippen LogP contribution in [0.2, 0.25) is 5.02 Å². The molecule has 2 aromatic carbocycles. The number of amidine groups is 1. The molecular formula is C18H14ClFN8O. The van der Waals surface area contributed by atoms with Crippen LogP contribution >= 0.6 is 11.6 Å². The molecule has 0 radical (unpaired) electrons. The minimum atomic E-state index is -0.544. The second-order valence-electron chi connectivity index (χ2n) is 6.07. The Morgan fingerprint density at radius 2 is 2.00 bits per heavy atom. The van der Waals surface area contributed by atoms with Gasteiger partial charge in [-0.1, -0.05) is 47.1 Å². The van der Waals surface area contributed by atoms with E-state index in [2.05, 4.69) is 30.8 Å². The van der Waals surface area contributed by atoms with E-state index >= 15 is 0 Å². The van der Waals surface area contributed by atoms with E-state index in [1.54, 1.807) is 4.68 Å². The zero-order chi connectivity index (χ0) is 20.2. The molecule has 4 rings (SSSR count). The Labute approximate surface area is 169 Å². The fourth-order valence-corrected chi connectivity index (χ4v) is 2.82. The second kappa shape index (κ2) is 8.15. The highest BCUT2D eigenvalue weighted by Crippen LogP contribution is 2.22. The van der Waals surface area contributed by atoms with Crippen LogP contribution in [0.4, 0.5) is 10.1 Å². The van der Waals surface area contributed by atoms with Crippen molar-refractivity contribution in [2.24, 2.45) is 10.7 Å². The fourth-order valence-electron chi connectivity index (χ4n) is 2.64. The Morgan fingerprint density at radius 1 is 1.17 bits per heavy atom. The first-order valence-corrected chi connectivity index (χ1v) is 8.88. The molecule has 11 heteroatoms. The topological polar surface area (TPSA) is 121 Å². The lowest BCUT2D eigenvalue weighted by Gasteiger charge is -2.04. The molecule has 2 heterocycles. The van der Waals surface area contributed by atoms with Crippen LogP contribution in [-0.4, -0.2) is 36.4 Å². The van der Waals surface area contributed by atoms with E-state index in [-0.39, 0.29) is 23.1 Å². The minimum absolute atomic E-state index is 0.0432. The van der Waals surface area contributed by atoms with Gasteiger partial charge in [-0.05, 0) is 39.3 Å². The predicted molar refractivity (Wildman–Crippen MR) is 102 cm³/mol. The van der Waals surface area contributed by atoms with Crippen LogP contribution in [-0.2, 0) is 13.0 Å². The summed E-state index contributed by atoms with van der Waals surface area (Å²) < 4.78 is 19.7. The number of rotatable bonds is 6. The maximum absolute atomic E-state index is 13.3. The van der Waals surface area contributed by atoms with Gasteiger partial charge >= 0.3 is 0 Å². The fraction of sp³-hybridized carbons (Fsp3) is 0.111. The summed E-state index contributed by atoms with van der Waals surface area (Å²) in [5, 5.41) is 19.4. The number of nitrogens with two attached hydrogens (primary N) is 1. The molecule has 0 atom stereocenters. The molecule has 29 heavy (non-hydrogen) atoms. The number of aromatic nitrogens is 6. The van der Waals surface area contributed by atoms with Crippen LogP contribution in [0.15, 0.2) is 58.2 Å². The van der Waals surface area contributed by atoms with Crippen LogP contribution < -0.4 is 5.73 Å². The summed E-state index contributed by atoms with van der Waals surface area (Å²) >= 11 is 5.78. The molecule has 0 fully saturated rings. The zero-order valence-corrected chi connectivity index (χ0v) is 15.7. The molecule has 9 nitrogen and oxygen atoms in total. The first kappa shape index (κ1) is 18.7. The number of nitrogens with zero attached hydrogens (tertiary/aromatic N) is 7. The van der Waals surface area contributed by atoms with Gasteiger partial charge in [-0.3, -0.25) is 0 Å². The van der Waals surface area contributed by atoms with Crippen LogP contribution in [0.1, 0.15) is 22.8 Å². The average molecular weight is 413 g/mol. The number of benzene rings is 2. The summed E-state index contributed by atoms with van der Waals surface area (Å²) in [5.41, 5.74) is 8.12. The first-order valence-electron chi connectivity index (χ1n) is 8.50. The number of halogens is 2. The molecule has 2 aromatic heterocycles. The van der Waals surface area contributed by atoms with Gasteiger partial charge in [0.05, 0.1) is 17.3 Å². The third-order valence-electron chi connectivity index (χ3n) is 4.06. The molecule has 4 aromatic rings. The van der Waals surface area contributed by atoms with E-state index in [0.717, 1.165) is 5.56 Å². The van der Waals surface area contributed by atoms with Crippen molar-refractivity contribution in [2.45, 2.75) is 13.0 Å². The van der Waals surface area contributed by atoms with Gasteiger partial charge in [0.2, 0.25) is 0 Å². The maximum atomic E-state index is 13.3. The smallest absolute Gasteiger partial charge is 0.174 e. The van der Waals surface area contributed by atoms with Crippen molar-refractivity contribution in [3.05, 3.63) is 82.1 Å². The number of tetrazole rings is 1. The first-order chi connectivity index (χ1) is 14.1. The Morgan fingerprint density at radius 3 is 2.79 bits per heavy atom. The summed E-state index contributed by atoms with van der Waals surface area (Å²) in [4.78, 5) is 4.20. The number of hydrogen-bond donors (Lipinski definition) is 1. The Hall–Kier alpha value is -3.66. The van der Waals surface area contributed by atoms with Gasteiger partial charge in [0.15, 0.2) is 17.4 Å². The lowest BCUT2D eigenvalue weighted by Crippen LogP contribution is -2.18. The summed E-state index contributed by atoms with van der Waals surface area (Å²) in [6.07, 6.45) is 0.548. The normalized spacial score (nSPS) is 11.7. The molecule has 0 unspecified atom stereocenters. The van der Waals surface area contributed by atoms with Gasteiger partial charge in [0.25, 0.3) is 0 Å². The molecule has 0 spiro atoms. The van der Waals surface area contributed by atoms with Crippen molar-refractivity contribution in [3.63, 3.8) is 0 Å². The van der Waals surface area contributed by atoms with Crippen LogP contribution in [0.5, 0.6) is 0 Å². The summed E-state index contributed by atoms with van der Waals surface area (Å²) in [6, 6.07) is 13.8. The van der Waals surface area contributed by atoms with Crippen molar-refractivity contribution in [3.8, 4) is 0 Å².